The van der Waals surface area contributed by atoms with E-state index in [1.54, 1.807) is 0 Å². The van der Waals surface area contributed by atoms with Gasteiger partial charge in [-0.05, 0) is 18.2 Å². The smallest absolute Gasteiger partial charge is 0.406 e. The van der Waals surface area contributed by atoms with Gasteiger partial charge in [0, 0.05) is 10.8 Å². The van der Waals surface area contributed by atoms with Crippen molar-refractivity contribution in [3.8, 4) is 5.75 Å². The van der Waals surface area contributed by atoms with Gasteiger partial charge < -0.3 is 4.74 Å². The molecule has 1 aromatic heterocycles. The third-order valence-electron chi connectivity index (χ3n) is 1.75. The number of rotatable bonds is 1. The van der Waals surface area contributed by atoms with Crippen molar-refractivity contribution in [2.24, 2.45) is 0 Å². The molecule has 1 heterocycles. The Balaban J connectivity index is 2.39. The van der Waals surface area contributed by atoms with E-state index in [2.05, 4.69) is 14.9 Å². The molecule has 0 aliphatic carbocycles. The SMILES string of the molecule is FC(F)(F)Oc1ccc2cnncc2c1. The zero-order valence-electron chi connectivity index (χ0n) is 7.32. The van der Waals surface area contributed by atoms with E-state index in [-0.39, 0.29) is 5.75 Å². The van der Waals surface area contributed by atoms with Crippen LogP contribution in [0.15, 0.2) is 30.6 Å². The Hall–Kier alpha value is -1.85. The van der Waals surface area contributed by atoms with Gasteiger partial charge in [0.15, 0.2) is 0 Å². The number of ether oxygens (including phenoxy) is 1. The van der Waals surface area contributed by atoms with Crippen LogP contribution in [0.1, 0.15) is 0 Å². The van der Waals surface area contributed by atoms with Gasteiger partial charge in [0.2, 0.25) is 0 Å². The Bertz CT molecular complexity index is 484. The van der Waals surface area contributed by atoms with Crippen LogP contribution in [-0.2, 0) is 0 Å². The minimum absolute atomic E-state index is 0.261. The standard InChI is InChI=1S/C9H5F3N2O/c10-9(11,12)15-8-2-1-6-4-13-14-5-7(6)3-8/h1-5H. The van der Waals surface area contributed by atoms with E-state index in [9.17, 15) is 13.2 Å². The van der Waals surface area contributed by atoms with Gasteiger partial charge in [-0.2, -0.15) is 10.2 Å². The third-order valence-corrected chi connectivity index (χ3v) is 1.75. The minimum atomic E-state index is -4.67. The average Bonchev–Trinajstić information content (AvgIpc) is 2.15. The van der Waals surface area contributed by atoms with Crippen molar-refractivity contribution in [1.82, 2.24) is 10.2 Å². The van der Waals surface area contributed by atoms with Crippen LogP contribution in [0.4, 0.5) is 13.2 Å². The van der Waals surface area contributed by atoms with Gasteiger partial charge in [-0.15, -0.1) is 13.2 Å². The Labute approximate surface area is 82.5 Å². The van der Waals surface area contributed by atoms with E-state index in [1.165, 1.54) is 30.6 Å². The molecule has 0 N–H and O–H groups in total. The lowest BCUT2D eigenvalue weighted by molar-refractivity contribution is -0.274. The third kappa shape index (κ3) is 2.34. The second-order valence-corrected chi connectivity index (χ2v) is 2.83. The van der Waals surface area contributed by atoms with E-state index in [0.717, 1.165) is 0 Å². The maximum absolute atomic E-state index is 11.9. The monoisotopic (exact) mass is 214 g/mol. The second-order valence-electron chi connectivity index (χ2n) is 2.83. The van der Waals surface area contributed by atoms with Crippen LogP contribution >= 0.6 is 0 Å². The molecule has 0 unspecified atom stereocenters. The Morgan fingerprint density at radius 2 is 1.67 bits per heavy atom. The number of halogens is 3. The number of alkyl halides is 3. The molecule has 0 fully saturated rings. The number of benzene rings is 1. The van der Waals surface area contributed by atoms with Crippen LogP contribution in [0.2, 0.25) is 0 Å². The Morgan fingerprint density at radius 1 is 1.00 bits per heavy atom. The van der Waals surface area contributed by atoms with Crippen LogP contribution in [0.25, 0.3) is 10.8 Å². The van der Waals surface area contributed by atoms with Crippen molar-refractivity contribution in [2.45, 2.75) is 6.36 Å². The first-order valence-electron chi connectivity index (χ1n) is 4.01. The summed E-state index contributed by atoms with van der Waals surface area (Å²) in [5.41, 5.74) is 0. The zero-order chi connectivity index (χ0) is 10.9. The molecular weight excluding hydrogens is 209 g/mol. The second kappa shape index (κ2) is 3.38. The van der Waals surface area contributed by atoms with Crippen LogP contribution in [0.5, 0.6) is 5.75 Å². The van der Waals surface area contributed by atoms with Crippen molar-refractivity contribution in [3.05, 3.63) is 30.6 Å². The number of hydrogen-bond donors (Lipinski definition) is 0. The topological polar surface area (TPSA) is 35.0 Å². The lowest BCUT2D eigenvalue weighted by Crippen LogP contribution is -2.16. The molecule has 0 radical (unpaired) electrons. The minimum Gasteiger partial charge on any atom is -0.406 e. The van der Waals surface area contributed by atoms with Crippen molar-refractivity contribution < 1.29 is 17.9 Å². The largest absolute Gasteiger partial charge is 0.573 e. The predicted molar refractivity (Wildman–Crippen MR) is 46.2 cm³/mol. The predicted octanol–water partition coefficient (Wildman–Crippen LogP) is 2.53. The highest BCUT2D eigenvalue weighted by molar-refractivity contribution is 5.81. The molecule has 2 aromatic rings. The molecule has 15 heavy (non-hydrogen) atoms. The average molecular weight is 214 g/mol. The van der Waals surface area contributed by atoms with E-state index in [0.29, 0.717) is 10.8 Å². The molecule has 0 spiro atoms. The Morgan fingerprint density at radius 3 is 2.33 bits per heavy atom. The lowest BCUT2D eigenvalue weighted by Gasteiger charge is -2.08. The number of hydrogen-bond acceptors (Lipinski definition) is 3. The maximum atomic E-state index is 11.9. The number of fused-ring (bicyclic) bond motifs is 1. The summed E-state index contributed by atoms with van der Waals surface area (Å²) in [5, 5.41) is 8.42. The molecule has 0 atom stereocenters. The van der Waals surface area contributed by atoms with Crippen LogP contribution in [-0.4, -0.2) is 16.6 Å². The lowest BCUT2D eigenvalue weighted by atomic mass is 10.2. The summed E-state index contributed by atoms with van der Waals surface area (Å²) in [6, 6.07) is 3.99. The fourth-order valence-electron chi connectivity index (χ4n) is 1.17. The highest BCUT2D eigenvalue weighted by Crippen LogP contribution is 2.25. The van der Waals surface area contributed by atoms with Gasteiger partial charge in [-0.3, -0.25) is 0 Å². The normalized spacial score (nSPS) is 11.7. The van der Waals surface area contributed by atoms with Gasteiger partial charge in [-0.1, -0.05) is 0 Å². The molecule has 3 nitrogen and oxygen atoms in total. The molecule has 2 rings (SSSR count). The maximum Gasteiger partial charge on any atom is 0.573 e. The molecule has 0 amide bonds. The van der Waals surface area contributed by atoms with Crippen molar-refractivity contribution in [3.63, 3.8) is 0 Å². The van der Waals surface area contributed by atoms with Crippen LogP contribution in [0, 0.1) is 0 Å². The molecule has 1 aromatic carbocycles. The first kappa shape index (κ1) is 9.70. The van der Waals surface area contributed by atoms with Crippen molar-refractivity contribution in [1.29, 1.82) is 0 Å². The molecule has 6 heteroatoms. The summed E-state index contributed by atoms with van der Waals surface area (Å²) in [6.45, 7) is 0. The van der Waals surface area contributed by atoms with E-state index < -0.39 is 6.36 Å². The summed E-state index contributed by atoms with van der Waals surface area (Å²) in [5.74, 6) is -0.261. The van der Waals surface area contributed by atoms with Crippen molar-refractivity contribution >= 4 is 10.8 Å². The molecule has 0 bridgehead atoms. The summed E-state index contributed by atoms with van der Waals surface area (Å²) in [6.07, 6.45) is -1.83. The molecule has 0 aliphatic heterocycles. The van der Waals surface area contributed by atoms with E-state index >= 15 is 0 Å². The summed E-state index contributed by atoms with van der Waals surface area (Å²) in [7, 11) is 0. The fraction of sp³-hybridized carbons (Fsp3) is 0.111. The Kier molecular flexibility index (Phi) is 2.18. The molecule has 0 saturated carbocycles. The highest BCUT2D eigenvalue weighted by Gasteiger charge is 2.31. The quantitative estimate of drug-likeness (QED) is 0.731. The molecule has 0 saturated heterocycles. The first-order chi connectivity index (χ1) is 7.04. The molecule has 0 aliphatic rings. The van der Waals surface area contributed by atoms with Gasteiger partial charge in [0.1, 0.15) is 5.75 Å². The van der Waals surface area contributed by atoms with Gasteiger partial charge in [0.25, 0.3) is 0 Å². The highest BCUT2D eigenvalue weighted by atomic mass is 19.4. The van der Waals surface area contributed by atoms with Crippen LogP contribution < -0.4 is 4.74 Å². The van der Waals surface area contributed by atoms with Gasteiger partial charge in [-0.25, -0.2) is 0 Å². The number of nitrogens with zero attached hydrogens (tertiary/aromatic N) is 2. The molecular formula is C9H5F3N2O. The summed E-state index contributed by atoms with van der Waals surface area (Å²) in [4.78, 5) is 0. The summed E-state index contributed by atoms with van der Waals surface area (Å²) < 4.78 is 39.4. The van der Waals surface area contributed by atoms with E-state index in [1.807, 2.05) is 0 Å². The zero-order valence-corrected chi connectivity index (χ0v) is 7.32. The fourth-order valence-corrected chi connectivity index (χ4v) is 1.17. The number of aromatic nitrogens is 2. The van der Waals surface area contributed by atoms with E-state index in [4.69, 9.17) is 0 Å². The van der Waals surface area contributed by atoms with Crippen molar-refractivity contribution in [2.75, 3.05) is 0 Å². The van der Waals surface area contributed by atoms with Crippen LogP contribution in [0.3, 0.4) is 0 Å². The summed E-state index contributed by atoms with van der Waals surface area (Å²) >= 11 is 0. The van der Waals surface area contributed by atoms with Gasteiger partial charge in [0.05, 0.1) is 12.4 Å². The van der Waals surface area contributed by atoms with Gasteiger partial charge >= 0.3 is 6.36 Å². The first-order valence-corrected chi connectivity index (χ1v) is 4.01. The molecule has 78 valence electrons.